The van der Waals surface area contributed by atoms with Gasteiger partial charge in [0.15, 0.2) is 0 Å². The maximum atomic E-state index is 2.47. The summed E-state index contributed by atoms with van der Waals surface area (Å²) in [5.74, 6) is 0.944. The number of benzene rings is 2. The molecule has 2 aromatic carbocycles. The fraction of sp³-hybridized carbons (Fsp3) is 0.188. The molecule has 7 rings (SSSR count). The summed E-state index contributed by atoms with van der Waals surface area (Å²) in [4.78, 5) is 0. The van der Waals surface area contributed by atoms with Gasteiger partial charge in [-0.2, -0.15) is 0 Å². The van der Waals surface area contributed by atoms with Gasteiger partial charge >= 0.3 is 0 Å². The Labute approximate surface area is 190 Å². The standard InChI is InChI=1S/C32H26/c1-32(2)28-9-4-3-8-26(28)27-16-10-20(19-29(27)32)18-24-14-13-23-12-11-21-6-5-7-22-15-17-25(24)31(23)30(21)22/h3-17,19,30-31H,18H2,1-2H3. The van der Waals surface area contributed by atoms with Crippen LogP contribution in [-0.4, -0.2) is 0 Å². The van der Waals surface area contributed by atoms with Crippen molar-refractivity contribution in [1.82, 2.24) is 0 Å². The number of hydrogen-bond acceptors (Lipinski definition) is 0. The molecule has 0 saturated heterocycles. The van der Waals surface area contributed by atoms with Crippen LogP contribution in [0.15, 0.2) is 125 Å². The van der Waals surface area contributed by atoms with Gasteiger partial charge in [0.1, 0.15) is 0 Å². The van der Waals surface area contributed by atoms with Crippen molar-refractivity contribution in [1.29, 1.82) is 0 Å². The summed E-state index contributed by atoms with van der Waals surface area (Å²) in [6, 6.07) is 16.1. The van der Waals surface area contributed by atoms with Crippen LogP contribution in [0, 0.1) is 11.8 Å². The molecule has 0 nitrogen and oxygen atoms in total. The molecule has 5 aliphatic carbocycles. The fourth-order valence-corrected chi connectivity index (χ4v) is 6.51. The van der Waals surface area contributed by atoms with Crippen LogP contribution in [0.5, 0.6) is 0 Å². The van der Waals surface area contributed by atoms with E-state index in [2.05, 4.69) is 111 Å². The zero-order valence-corrected chi connectivity index (χ0v) is 18.6. The van der Waals surface area contributed by atoms with Crippen molar-refractivity contribution in [3.63, 3.8) is 0 Å². The van der Waals surface area contributed by atoms with Crippen LogP contribution in [0.2, 0.25) is 0 Å². The molecule has 5 aliphatic rings. The van der Waals surface area contributed by atoms with Crippen molar-refractivity contribution in [2.45, 2.75) is 25.7 Å². The second kappa shape index (κ2) is 6.33. The third kappa shape index (κ3) is 2.38. The first-order valence-electron chi connectivity index (χ1n) is 11.7. The average molecular weight is 411 g/mol. The SMILES string of the molecule is CC1(C)c2ccccc2-c2ccc(CC3=C4C=CC5=CC=CC6=CC=C(C=C3)C4C56)cc21. The predicted octanol–water partition coefficient (Wildman–Crippen LogP) is 7.57. The van der Waals surface area contributed by atoms with E-state index in [0.29, 0.717) is 11.8 Å². The van der Waals surface area contributed by atoms with Gasteiger partial charge in [0, 0.05) is 17.3 Å². The monoisotopic (exact) mass is 410 g/mol. The van der Waals surface area contributed by atoms with E-state index in [1.807, 2.05) is 0 Å². The molecule has 0 amide bonds. The first-order valence-corrected chi connectivity index (χ1v) is 11.7. The molecular formula is C32H26. The van der Waals surface area contributed by atoms with Crippen LogP contribution >= 0.6 is 0 Å². The zero-order valence-electron chi connectivity index (χ0n) is 18.6. The van der Waals surface area contributed by atoms with Crippen molar-refractivity contribution in [2.24, 2.45) is 11.8 Å². The summed E-state index contributed by atoms with van der Waals surface area (Å²) in [5.41, 5.74) is 14.5. The van der Waals surface area contributed by atoms with Crippen LogP contribution in [0.4, 0.5) is 0 Å². The molecule has 2 aromatic rings. The Balaban J connectivity index is 1.30. The average Bonchev–Trinajstić information content (AvgIpc) is 3.05. The number of allylic oxidation sites excluding steroid dienone is 14. The third-order valence-electron chi connectivity index (χ3n) is 8.14. The van der Waals surface area contributed by atoms with Crippen molar-refractivity contribution in [3.05, 3.63) is 142 Å². The lowest BCUT2D eigenvalue weighted by Crippen LogP contribution is -2.29. The third-order valence-corrected chi connectivity index (χ3v) is 8.14. The minimum Gasteiger partial charge on any atom is -0.0619 e. The summed E-state index contributed by atoms with van der Waals surface area (Å²) in [6.45, 7) is 4.73. The zero-order chi connectivity index (χ0) is 21.4. The van der Waals surface area contributed by atoms with Crippen LogP contribution in [-0.2, 0) is 11.8 Å². The summed E-state index contributed by atoms with van der Waals surface area (Å²) in [7, 11) is 0. The number of hydrogen-bond donors (Lipinski definition) is 0. The van der Waals surface area contributed by atoms with Crippen molar-refractivity contribution < 1.29 is 0 Å². The summed E-state index contributed by atoms with van der Waals surface area (Å²) < 4.78 is 0. The largest absolute Gasteiger partial charge is 0.0619 e. The van der Waals surface area contributed by atoms with Gasteiger partial charge in [0.25, 0.3) is 0 Å². The van der Waals surface area contributed by atoms with E-state index in [4.69, 9.17) is 0 Å². The molecule has 0 heteroatoms. The lowest BCUT2D eigenvalue weighted by molar-refractivity contribution is 0.559. The molecule has 154 valence electrons. The lowest BCUT2D eigenvalue weighted by Gasteiger charge is -2.40. The Morgan fingerprint density at radius 3 is 2.34 bits per heavy atom. The van der Waals surface area contributed by atoms with Crippen LogP contribution < -0.4 is 0 Å². The first-order chi connectivity index (χ1) is 15.6. The van der Waals surface area contributed by atoms with Gasteiger partial charge in [0.2, 0.25) is 0 Å². The van der Waals surface area contributed by atoms with E-state index in [1.54, 1.807) is 0 Å². The molecule has 0 aliphatic heterocycles. The number of rotatable bonds is 2. The molecule has 2 atom stereocenters. The van der Waals surface area contributed by atoms with E-state index < -0.39 is 0 Å². The normalized spacial score (nSPS) is 25.0. The van der Waals surface area contributed by atoms with Gasteiger partial charge in [-0.3, -0.25) is 0 Å². The molecule has 0 aromatic heterocycles. The topological polar surface area (TPSA) is 0 Å². The fourth-order valence-electron chi connectivity index (χ4n) is 6.51. The Kier molecular flexibility index (Phi) is 3.60. The van der Waals surface area contributed by atoms with Crippen molar-refractivity contribution in [3.8, 4) is 11.1 Å². The van der Waals surface area contributed by atoms with Gasteiger partial charge < -0.3 is 0 Å². The minimum absolute atomic E-state index is 0.0555. The van der Waals surface area contributed by atoms with Gasteiger partial charge in [-0.1, -0.05) is 111 Å². The Morgan fingerprint density at radius 1 is 0.688 bits per heavy atom. The molecule has 0 heterocycles. The van der Waals surface area contributed by atoms with Crippen LogP contribution in [0.25, 0.3) is 11.1 Å². The summed E-state index contributed by atoms with van der Waals surface area (Å²) in [6.07, 6.45) is 21.8. The molecule has 0 radical (unpaired) electrons. The lowest BCUT2D eigenvalue weighted by atomic mass is 9.63. The maximum Gasteiger partial charge on any atom is 0.0202 e. The van der Waals surface area contributed by atoms with E-state index in [9.17, 15) is 0 Å². The van der Waals surface area contributed by atoms with Crippen molar-refractivity contribution in [2.75, 3.05) is 0 Å². The van der Waals surface area contributed by atoms with E-state index in [-0.39, 0.29) is 5.41 Å². The molecule has 0 N–H and O–H groups in total. The molecular weight excluding hydrogens is 384 g/mol. The van der Waals surface area contributed by atoms with Crippen LogP contribution in [0.1, 0.15) is 30.5 Å². The summed E-state index contributed by atoms with van der Waals surface area (Å²) >= 11 is 0. The first kappa shape index (κ1) is 18.2. The highest BCUT2D eigenvalue weighted by Crippen LogP contribution is 2.51. The van der Waals surface area contributed by atoms with E-state index >= 15 is 0 Å². The molecule has 2 unspecified atom stereocenters. The molecule has 0 saturated carbocycles. The van der Waals surface area contributed by atoms with E-state index in [1.165, 1.54) is 55.7 Å². The van der Waals surface area contributed by atoms with Gasteiger partial charge in [-0.15, -0.1) is 0 Å². The molecule has 0 spiro atoms. The Hall–Kier alpha value is -3.38. The Morgan fingerprint density at radius 2 is 1.44 bits per heavy atom. The highest BCUT2D eigenvalue weighted by molar-refractivity contribution is 5.81. The second-order valence-corrected chi connectivity index (χ2v) is 10.2. The second-order valence-electron chi connectivity index (χ2n) is 10.2. The van der Waals surface area contributed by atoms with Crippen LogP contribution in [0.3, 0.4) is 0 Å². The maximum absolute atomic E-state index is 2.47. The van der Waals surface area contributed by atoms with Gasteiger partial charge in [-0.25, -0.2) is 0 Å². The Bertz CT molecular complexity index is 1410. The molecule has 0 bridgehead atoms. The van der Waals surface area contributed by atoms with Crippen molar-refractivity contribution >= 4 is 0 Å². The predicted molar refractivity (Wildman–Crippen MR) is 133 cm³/mol. The summed E-state index contributed by atoms with van der Waals surface area (Å²) in [5, 5.41) is 0. The molecule has 0 fully saturated rings. The number of fused-ring (bicyclic) bond motifs is 3. The van der Waals surface area contributed by atoms with Gasteiger partial charge in [0.05, 0.1) is 0 Å². The van der Waals surface area contributed by atoms with Gasteiger partial charge in [-0.05, 0) is 62.1 Å². The highest BCUT2D eigenvalue weighted by Gasteiger charge is 2.38. The minimum atomic E-state index is 0.0555. The quantitative estimate of drug-likeness (QED) is 0.479. The molecule has 32 heavy (non-hydrogen) atoms. The smallest absolute Gasteiger partial charge is 0.0202 e. The van der Waals surface area contributed by atoms with E-state index in [0.717, 1.165) is 6.42 Å². The highest BCUT2D eigenvalue weighted by atomic mass is 14.4.